The van der Waals surface area contributed by atoms with Crippen molar-refractivity contribution in [1.29, 1.82) is 5.26 Å². The summed E-state index contributed by atoms with van der Waals surface area (Å²) in [5, 5.41) is 12.8. The molecule has 3 heterocycles. The molecule has 0 aliphatic carbocycles. The van der Waals surface area contributed by atoms with Crippen molar-refractivity contribution in [2.45, 2.75) is 26.5 Å². The van der Waals surface area contributed by atoms with Crippen molar-refractivity contribution in [2.24, 2.45) is 0 Å². The molecule has 1 aliphatic heterocycles. The minimum atomic E-state index is -0.158. The Kier molecular flexibility index (Phi) is 5.53. The lowest BCUT2D eigenvalue weighted by molar-refractivity contribution is 0.0683. The second kappa shape index (κ2) is 8.00. The molecule has 25 heavy (non-hydrogen) atoms. The second-order valence-corrected chi connectivity index (χ2v) is 5.78. The quantitative estimate of drug-likeness (QED) is 0.763. The van der Waals surface area contributed by atoms with E-state index in [2.05, 4.69) is 29.9 Å². The maximum Gasteiger partial charge on any atom is 0.240 e. The first-order valence-electron chi connectivity index (χ1n) is 8.33. The largest absolute Gasteiger partial charge is 0.371 e. The van der Waals surface area contributed by atoms with Gasteiger partial charge >= 0.3 is 0 Å². The van der Waals surface area contributed by atoms with Crippen molar-refractivity contribution in [3.05, 3.63) is 29.8 Å². The molecule has 0 spiro atoms. The molecule has 1 aliphatic rings. The van der Waals surface area contributed by atoms with Crippen molar-refractivity contribution in [1.82, 2.24) is 25.0 Å². The highest BCUT2D eigenvalue weighted by Gasteiger charge is 2.21. The highest BCUT2D eigenvalue weighted by Crippen LogP contribution is 2.16. The van der Waals surface area contributed by atoms with Crippen molar-refractivity contribution in [3.8, 4) is 6.07 Å². The predicted octanol–water partition coefficient (Wildman–Crippen LogP) is 1.15. The Hall–Kier alpha value is -2.57. The fraction of sp³-hybridized carbons (Fsp3) is 0.562. The lowest BCUT2D eigenvalue weighted by Crippen LogP contribution is -2.46. The molecule has 1 unspecified atom stereocenters. The van der Waals surface area contributed by atoms with Gasteiger partial charge in [-0.3, -0.25) is 4.90 Å². The summed E-state index contributed by atoms with van der Waals surface area (Å²) in [5.74, 6) is 1.99. The maximum atomic E-state index is 8.78. The standard InChI is InChI=1S/C16H21N7O2/c1-3-24-12(2)16-20-15(25-21-16)11-22-4-6-23(7-5-22)14-10-18-13(8-17)9-19-14/h9-10,12H,3-7,11H2,1-2H3. The van der Waals surface area contributed by atoms with Gasteiger partial charge in [0, 0.05) is 32.8 Å². The van der Waals surface area contributed by atoms with Crippen LogP contribution in [0.4, 0.5) is 5.82 Å². The number of nitriles is 1. The number of rotatable bonds is 6. The highest BCUT2D eigenvalue weighted by atomic mass is 16.5. The molecule has 2 aromatic heterocycles. The van der Waals surface area contributed by atoms with Gasteiger partial charge in [0.05, 0.1) is 18.9 Å². The fourth-order valence-corrected chi connectivity index (χ4v) is 2.69. The molecule has 0 bridgehead atoms. The molecule has 1 saturated heterocycles. The van der Waals surface area contributed by atoms with Gasteiger partial charge in [0.1, 0.15) is 18.0 Å². The molecule has 3 rings (SSSR count). The Morgan fingerprint density at radius 2 is 2.08 bits per heavy atom. The minimum Gasteiger partial charge on any atom is -0.371 e. The van der Waals surface area contributed by atoms with Crippen LogP contribution in [0.15, 0.2) is 16.9 Å². The van der Waals surface area contributed by atoms with Gasteiger partial charge < -0.3 is 14.2 Å². The first kappa shape index (κ1) is 17.3. The van der Waals surface area contributed by atoms with E-state index in [0.717, 1.165) is 32.0 Å². The summed E-state index contributed by atoms with van der Waals surface area (Å²) >= 11 is 0. The van der Waals surface area contributed by atoms with Crippen LogP contribution in [0.2, 0.25) is 0 Å². The molecule has 9 heteroatoms. The van der Waals surface area contributed by atoms with Gasteiger partial charge in [-0.1, -0.05) is 5.16 Å². The topological polar surface area (TPSA) is 104 Å². The molecule has 1 fully saturated rings. The number of anilines is 1. The summed E-state index contributed by atoms with van der Waals surface area (Å²) in [4.78, 5) is 17.2. The third kappa shape index (κ3) is 4.29. The van der Waals surface area contributed by atoms with Crippen LogP contribution in [-0.2, 0) is 11.3 Å². The van der Waals surface area contributed by atoms with Crippen LogP contribution in [-0.4, -0.2) is 57.8 Å². The summed E-state index contributed by atoms with van der Waals surface area (Å²) in [6, 6.07) is 1.98. The van der Waals surface area contributed by atoms with Crippen LogP contribution in [0.5, 0.6) is 0 Å². The number of piperazine rings is 1. The predicted molar refractivity (Wildman–Crippen MR) is 88.6 cm³/mol. The van der Waals surface area contributed by atoms with E-state index >= 15 is 0 Å². The highest BCUT2D eigenvalue weighted by molar-refractivity contribution is 5.37. The van der Waals surface area contributed by atoms with Gasteiger partial charge in [0.25, 0.3) is 0 Å². The first-order chi connectivity index (χ1) is 12.2. The van der Waals surface area contributed by atoms with Crippen molar-refractivity contribution in [3.63, 3.8) is 0 Å². The van der Waals surface area contributed by atoms with Crippen molar-refractivity contribution in [2.75, 3.05) is 37.7 Å². The SMILES string of the molecule is CCOC(C)c1noc(CN2CCN(c3cnc(C#N)cn3)CC2)n1. The van der Waals surface area contributed by atoms with E-state index in [4.69, 9.17) is 14.5 Å². The zero-order valence-electron chi connectivity index (χ0n) is 14.4. The summed E-state index contributed by atoms with van der Waals surface area (Å²) in [6.45, 7) is 8.48. The van der Waals surface area contributed by atoms with Crippen LogP contribution in [0.1, 0.15) is 37.4 Å². The van der Waals surface area contributed by atoms with Gasteiger partial charge in [0.2, 0.25) is 5.89 Å². The smallest absolute Gasteiger partial charge is 0.240 e. The maximum absolute atomic E-state index is 8.78. The summed E-state index contributed by atoms with van der Waals surface area (Å²) in [6.07, 6.45) is 2.99. The number of aromatic nitrogens is 4. The normalized spacial score (nSPS) is 16.6. The zero-order chi connectivity index (χ0) is 17.6. The van der Waals surface area contributed by atoms with Crippen LogP contribution < -0.4 is 4.90 Å². The Bertz CT molecular complexity index is 717. The summed E-state index contributed by atoms with van der Waals surface area (Å²) in [5.41, 5.74) is 0.330. The van der Waals surface area contributed by atoms with Gasteiger partial charge in [0.15, 0.2) is 11.5 Å². The summed E-state index contributed by atoms with van der Waals surface area (Å²) in [7, 11) is 0. The van der Waals surface area contributed by atoms with E-state index in [1.54, 1.807) is 6.20 Å². The first-order valence-corrected chi connectivity index (χ1v) is 8.33. The van der Waals surface area contributed by atoms with E-state index in [-0.39, 0.29) is 6.10 Å². The molecule has 0 amide bonds. The van der Waals surface area contributed by atoms with Crippen LogP contribution >= 0.6 is 0 Å². The summed E-state index contributed by atoms with van der Waals surface area (Å²) < 4.78 is 10.8. The Balaban J connectivity index is 1.51. The van der Waals surface area contributed by atoms with Crippen LogP contribution in [0.3, 0.4) is 0 Å². The minimum absolute atomic E-state index is 0.158. The van der Waals surface area contributed by atoms with Crippen molar-refractivity contribution >= 4 is 5.82 Å². The average Bonchev–Trinajstić information content (AvgIpc) is 3.11. The van der Waals surface area contributed by atoms with Gasteiger partial charge in [-0.05, 0) is 13.8 Å². The van der Waals surface area contributed by atoms with Crippen LogP contribution in [0, 0.1) is 11.3 Å². The monoisotopic (exact) mass is 343 g/mol. The number of ether oxygens (including phenoxy) is 1. The molecule has 1 atom stereocenters. The Labute approximate surface area is 146 Å². The molecule has 0 radical (unpaired) electrons. The number of hydrogen-bond acceptors (Lipinski definition) is 9. The third-order valence-electron chi connectivity index (χ3n) is 4.07. The fourth-order valence-electron chi connectivity index (χ4n) is 2.69. The van der Waals surface area contributed by atoms with Gasteiger partial charge in [-0.15, -0.1) is 0 Å². The Morgan fingerprint density at radius 3 is 2.72 bits per heavy atom. The van der Waals surface area contributed by atoms with Crippen molar-refractivity contribution < 1.29 is 9.26 Å². The van der Waals surface area contributed by atoms with Gasteiger partial charge in [-0.25, -0.2) is 9.97 Å². The average molecular weight is 343 g/mol. The molecule has 2 aromatic rings. The second-order valence-electron chi connectivity index (χ2n) is 5.78. The van der Waals surface area contributed by atoms with E-state index in [0.29, 0.717) is 30.6 Å². The molecular weight excluding hydrogens is 322 g/mol. The van der Waals surface area contributed by atoms with Crippen LogP contribution in [0.25, 0.3) is 0 Å². The molecule has 132 valence electrons. The van der Waals surface area contributed by atoms with E-state index < -0.39 is 0 Å². The molecule has 0 saturated carbocycles. The third-order valence-corrected chi connectivity index (χ3v) is 4.07. The van der Waals surface area contributed by atoms with Gasteiger partial charge in [-0.2, -0.15) is 10.2 Å². The molecule has 9 nitrogen and oxygen atoms in total. The number of hydrogen-bond donors (Lipinski definition) is 0. The van der Waals surface area contributed by atoms with E-state index in [1.165, 1.54) is 6.20 Å². The zero-order valence-corrected chi connectivity index (χ0v) is 14.4. The van der Waals surface area contributed by atoms with E-state index in [9.17, 15) is 0 Å². The molecule has 0 aromatic carbocycles. The molecular formula is C16H21N7O2. The molecule has 0 N–H and O–H groups in total. The Morgan fingerprint density at radius 1 is 1.28 bits per heavy atom. The lowest BCUT2D eigenvalue weighted by Gasteiger charge is -2.34. The lowest BCUT2D eigenvalue weighted by atomic mass is 10.3. The van der Waals surface area contributed by atoms with E-state index in [1.807, 2.05) is 19.9 Å². The number of nitrogens with zero attached hydrogens (tertiary/aromatic N) is 7.